The zero-order valence-corrected chi connectivity index (χ0v) is 25.9. The Balaban J connectivity index is 1.46. The number of fused-ring (bicyclic) bond motifs is 2. The van der Waals surface area contributed by atoms with Gasteiger partial charge in [0.1, 0.15) is 11.5 Å². The minimum atomic E-state index is -3.57. The molecule has 0 saturated heterocycles. The Kier molecular flexibility index (Phi) is 8.77. The molecule has 4 aliphatic carbocycles. The zero-order valence-electron chi connectivity index (χ0n) is 25.1. The third-order valence-corrected chi connectivity index (χ3v) is 14.0. The van der Waals surface area contributed by atoms with Crippen molar-refractivity contribution >= 4 is 16.0 Å². The topological polar surface area (TPSA) is 89.7 Å². The van der Waals surface area contributed by atoms with Gasteiger partial charge < -0.3 is 10.5 Å². The van der Waals surface area contributed by atoms with Crippen LogP contribution in [0.15, 0.2) is 30.3 Å². The lowest BCUT2D eigenvalue weighted by molar-refractivity contribution is -0.163. The predicted molar refractivity (Wildman–Crippen MR) is 160 cm³/mol. The van der Waals surface area contributed by atoms with Gasteiger partial charge >= 0.3 is 5.97 Å². The Morgan fingerprint density at radius 1 is 0.975 bits per heavy atom. The van der Waals surface area contributed by atoms with Crippen LogP contribution >= 0.6 is 0 Å². The highest BCUT2D eigenvalue weighted by Gasteiger charge is 2.67. The highest BCUT2D eigenvalue weighted by atomic mass is 32.2. The van der Waals surface area contributed by atoms with Crippen molar-refractivity contribution in [3.05, 3.63) is 35.9 Å². The molecule has 4 atom stereocenters. The van der Waals surface area contributed by atoms with E-state index in [9.17, 15) is 13.2 Å². The number of carbonyl (C=O) groups excluding carboxylic acids is 1. The Hall–Kier alpha value is -1.44. The summed E-state index contributed by atoms with van der Waals surface area (Å²) in [5.74, 6) is 0.135. The molecule has 5 rings (SSSR count). The lowest BCUT2D eigenvalue weighted by atomic mass is 9.69. The maximum absolute atomic E-state index is 14.7. The number of sulfonamides is 1. The smallest absolute Gasteiger partial charge is 0.318 e. The lowest BCUT2D eigenvalue weighted by Crippen LogP contribution is -2.55. The Morgan fingerprint density at radius 2 is 1.55 bits per heavy atom. The van der Waals surface area contributed by atoms with Gasteiger partial charge in [-0.05, 0) is 68.3 Å². The summed E-state index contributed by atoms with van der Waals surface area (Å²) in [5.41, 5.74) is 5.43. The van der Waals surface area contributed by atoms with Crippen molar-refractivity contribution in [1.29, 1.82) is 0 Å². The van der Waals surface area contributed by atoms with Gasteiger partial charge in [-0.1, -0.05) is 89.6 Å². The molecular weight excluding hydrogens is 520 g/mol. The fourth-order valence-electron chi connectivity index (χ4n) is 9.14. The molecule has 0 radical (unpaired) electrons. The molecule has 4 saturated carbocycles. The van der Waals surface area contributed by atoms with Crippen LogP contribution in [-0.4, -0.2) is 49.2 Å². The average Bonchev–Trinajstić information content (AvgIpc) is 3.30. The van der Waals surface area contributed by atoms with Gasteiger partial charge in [0.25, 0.3) is 0 Å². The Morgan fingerprint density at radius 3 is 2.05 bits per heavy atom. The molecule has 1 aromatic carbocycles. The first-order valence-corrected chi connectivity index (χ1v) is 17.7. The van der Waals surface area contributed by atoms with Crippen LogP contribution < -0.4 is 5.73 Å². The number of benzene rings is 1. The summed E-state index contributed by atoms with van der Waals surface area (Å²) >= 11 is 0. The maximum atomic E-state index is 14.7. The number of rotatable bonds is 10. The molecule has 7 heteroatoms. The van der Waals surface area contributed by atoms with Crippen molar-refractivity contribution in [3.63, 3.8) is 0 Å². The first-order chi connectivity index (χ1) is 19.1. The number of carbonyl (C=O) groups is 1. The first kappa shape index (κ1) is 30.0. The second-order valence-electron chi connectivity index (χ2n) is 13.9. The Bertz CT molecular complexity index is 1100. The molecule has 0 heterocycles. The zero-order chi connectivity index (χ0) is 28.6. The third kappa shape index (κ3) is 5.06. The van der Waals surface area contributed by atoms with E-state index in [0.717, 1.165) is 76.2 Å². The molecule has 40 heavy (non-hydrogen) atoms. The van der Waals surface area contributed by atoms with E-state index in [1.54, 1.807) is 0 Å². The molecule has 0 amide bonds. The van der Waals surface area contributed by atoms with Crippen LogP contribution in [0.1, 0.15) is 116 Å². The van der Waals surface area contributed by atoms with E-state index >= 15 is 0 Å². The van der Waals surface area contributed by atoms with Crippen LogP contribution in [0.3, 0.4) is 0 Å². The Labute approximate surface area is 242 Å². The summed E-state index contributed by atoms with van der Waals surface area (Å²) in [6.07, 6.45) is 13.4. The summed E-state index contributed by atoms with van der Waals surface area (Å²) in [6, 6.07) is 9.94. The fraction of sp³-hybridized carbons (Fsp3) is 0.788. The van der Waals surface area contributed by atoms with Crippen molar-refractivity contribution in [2.45, 2.75) is 134 Å². The number of hydrogen-bond donors (Lipinski definition) is 1. The summed E-state index contributed by atoms with van der Waals surface area (Å²) in [6.45, 7) is 6.60. The minimum absolute atomic E-state index is 0.0849. The van der Waals surface area contributed by atoms with E-state index in [-0.39, 0.29) is 35.8 Å². The van der Waals surface area contributed by atoms with Crippen molar-refractivity contribution in [2.75, 3.05) is 12.3 Å². The van der Waals surface area contributed by atoms with Crippen LogP contribution in [-0.2, 0) is 25.0 Å². The van der Waals surface area contributed by atoms with Gasteiger partial charge in [-0.2, -0.15) is 4.31 Å². The molecule has 224 valence electrons. The van der Waals surface area contributed by atoms with E-state index in [1.807, 2.05) is 41.6 Å². The highest BCUT2D eigenvalue weighted by Crippen LogP contribution is 2.67. The van der Waals surface area contributed by atoms with Gasteiger partial charge in [-0.25, -0.2) is 8.42 Å². The van der Waals surface area contributed by atoms with E-state index in [4.69, 9.17) is 10.5 Å². The number of ether oxygens (including phenoxy) is 1. The normalized spacial score (nSPS) is 30.8. The minimum Gasteiger partial charge on any atom is -0.461 e. The number of nitrogens with zero attached hydrogens (tertiary/aromatic N) is 1. The van der Waals surface area contributed by atoms with Crippen molar-refractivity contribution in [1.82, 2.24) is 4.31 Å². The van der Waals surface area contributed by atoms with Gasteiger partial charge in [0.05, 0.1) is 5.75 Å². The van der Waals surface area contributed by atoms with E-state index in [1.165, 1.54) is 12.8 Å². The van der Waals surface area contributed by atoms with Crippen molar-refractivity contribution in [3.8, 4) is 0 Å². The van der Waals surface area contributed by atoms with E-state index < -0.39 is 27.0 Å². The molecule has 6 nitrogen and oxygen atoms in total. The van der Waals surface area contributed by atoms with Gasteiger partial charge in [-0.3, -0.25) is 4.79 Å². The van der Waals surface area contributed by atoms with Crippen LogP contribution in [0.25, 0.3) is 0 Å². The molecule has 4 fully saturated rings. The van der Waals surface area contributed by atoms with Crippen LogP contribution in [0.2, 0.25) is 0 Å². The molecule has 0 aliphatic heterocycles. The molecule has 0 spiro atoms. The highest BCUT2D eigenvalue weighted by molar-refractivity contribution is 7.89. The summed E-state index contributed by atoms with van der Waals surface area (Å²) in [4.78, 5) is 14.0. The standard InChI is InChI=1S/C33H52N2O4S/c1-4-32(23-34,25-14-8-5-9-15-25)30(36)39-29-22-26-20-21-33(29,31(26,2)3)24-40(37,38)35(27-16-10-6-11-17-27)28-18-12-7-13-19-28/h5,8-9,14-15,26-29H,4,6-7,10-13,16-24,34H2,1-3H3/t26-,29-,32-,33-/m1/s1. The molecule has 4 aliphatic rings. The number of esters is 1. The van der Waals surface area contributed by atoms with E-state index in [0.29, 0.717) is 12.3 Å². The molecule has 1 aromatic rings. The lowest BCUT2D eigenvalue weighted by Gasteiger charge is -2.46. The van der Waals surface area contributed by atoms with Crippen LogP contribution in [0.4, 0.5) is 0 Å². The summed E-state index contributed by atoms with van der Waals surface area (Å²) < 4.78 is 37.9. The predicted octanol–water partition coefficient (Wildman–Crippen LogP) is 6.33. The fourth-order valence-corrected chi connectivity index (χ4v) is 12.0. The molecule has 2 N–H and O–H groups in total. The molecule has 2 bridgehead atoms. The van der Waals surface area contributed by atoms with Gasteiger partial charge in [0.15, 0.2) is 0 Å². The van der Waals surface area contributed by atoms with Crippen LogP contribution in [0, 0.1) is 16.7 Å². The van der Waals surface area contributed by atoms with Crippen LogP contribution in [0.5, 0.6) is 0 Å². The van der Waals surface area contributed by atoms with Crippen molar-refractivity contribution in [2.24, 2.45) is 22.5 Å². The monoisotopic (exact) mass is 572 g/mol. The number of hydrogen-bond acceptors (Lipinski definition) is 5. The largest absolute Gasteiger partial charge is 0.461 e. The van der Waals surface area contributed by atoms with Gasteiger partial charge in [0.2, 0.25) is 10.0 Å². The quantitative estimate of drug-likeness (QED) is 0.331. The third-order valence-electron chi connectivity index (χ3n) is 11.9. The summed E-state index contributed by atoms with van der Waals surface area (Å²) in [7, 11) is -3.57. The average molecular weight is 573 g/mol. The second kappa shape index (κ2) is 11.7. The maximum Gasteiger partial charge on any atom is 0.318 e. The van der Waals surface area contributed by atoms with Crippen molar-refractivity contribution < 1.29 is 17.9 Å². The van der Waals surface area contributed by atoms with Gasteiger partial charge in [0, 0.05) is 24.0 Å². The SMILES string of the molecule is CC[C@](CN)(C(=O)O[C@@H]1C[C@H]2CC[C@]1(CS(=O)(=O)N(C1CCCCC1)C1CCCCC1)C2(C)C)c1ccccc1. The number of nitrogens with two attached hydrogens (primary N) is 1. The first-order valence-electron chi connectivity index (χ1n) is 16.1. The van der Waals surface area contributed by atoms with E-state index in [2.05, 4.69) is 13.8 Å². The summed E-state index contributed by atoms with van der Waals surface area (Å²) in [5, 5.41) is 0. The molecule has 0 unspecified atom stereocenters. The molecule has 0 aromatic heterocycles. The molecular formula is C33H52N2O4S. The van der Waals surface area contributed by atoms with Gasteiger partial charge in [-0.15, -0.1) is 0 Å². The second-order valence-corrected chi connectivity index (χ2v) is 15.8.